The van der Waals surface area contributed by atoms with Gasteiger partial charge in [0.25, 0.3) is 0 Å². The number of allylic oxidation sites excluding steroid dienone is 1. The summed E-state index contributed by atoms with van der Waals surface area (Å²) in [5, 5.41) is 23.9. The third kappa shape index (κ3) is 31.2. The van der Waals surface area contributed by atoms with Crippen molar-refractivity contribution in [1.82, 2.24) is 5.32 Å². The Morgan fingerprint density at radius 2 is 1.10 bits per heavy atom. The number of nitrogens with one attached hydrogen (secondary N) is 1. The number of hydrogen-bond donors (Lipinski definition) is 5. The first kappa shape index (κ1) is 47.2. The van der Waals surface area contributed by atoms with Crippen molar-refractivity contribution in [3.05, 3.63) is 12.2 Å². The van der Waals surface area contributed by atoms with E-state index in [1.165, 1.54) is 128 Å². The Bertz CT molecular complexity index is 786. The van der Waals surface area contributed by atoms with Crippen LogP contribution in [0.15, 0.2) is 12.2 Å². The summed E-state index contributed by atoms with van der Waals surface area (Å²) in [4.78, 5) is 22.7. The summed E-state index contributed by atoms with van der Waals surface area (Å²) >= 11 is 0. The summed E-state index contributed by atoms with van der Waals surface area (Å²) in [5.41, 5.74) is 5.34. The SMILES string of the molecule is CCCCCCCCCCC/C=C/[C@@H](O)[C@H](COP(=O)(O)OCCN)NC(=O)C(O)CCCCCCCCCCCCCCCCCC. The topological polar surface area (TPSA) is 151 Å². The van der Waals surface area contributed by atoms with E-state index in [2.05, 4.69) is 19.2 Å². The lowest BCUT2D eigenvalue weighted by Crippen LogP contribution is -2.49. The highest BCUT2D eigenvalue weighted by Crippen LogP contribution is 2.43. The standard InChI is InChI=1S/C38H77N2O7P/c1-3-5-7-9-11-13-15-16-17-18-19-21-23-25-27-29-31-37(42)38(43)40-35(34-47-48(44,45)46-33-32-39)36(41)30-28-26-24-22-20-14-12-10-8-6-4-2/h28,30,35-37,41-42H,3-27,29,31-34,39H2,1-2H3,(H,40,43)(H,44,45)/b30-28+/t35-,36+,37?/m0/s1. The second-order valence-electron chi connectivity index (χ2n) is 13.6. The Morgan fingerprint density at radius 3 is 1.54 bits per heavy atom. The number of nitrogens with two attached hydrogens (primary N) is 1. The highest BCUT2D eigenvalue weighted by Gasteiger charge is 2.28. The number of amides is 1. The van der Waals surface area contributed by atoms with Crippen LogP contribution >= 0.6 is 7.82 Å². The van der Waals surface area contributed by atoms with Gasteiger partial charge in [-0.15, -0.1) is 0 Å². The van der Waals surface area contributed by atoms with Gasteiger partial charge in [-0.25, -0.2) is 4.57 Å². The van der Waals surface area contributed by atoms with Crippen LogP contribution in [0.2, 0.25) is 0 Å². The van der Waals surface area contributed by atoms with Gasteiger partial charge in [-0.3, -0.25) is 13.8 Å². The van der Waals surface area contributed by atoms with Crippen LogP contribution in [0.5, 0.6) is 0 Å². The van der Waals surface area contributed by atoms with Crippen molar-refractivity contribution in [2.45, 2.75) is 205 Å². The number of rotatable bonds is 37. The van der Waals surface area contributed by atoms with Crippen molar-refractivity contribution in [1.29, 1.82) is 0 Å². The van der Waals surface area contributed by atoms with E-state index in [1.807, 2.05) is 6.08 Å². The number of phosphoric ester groups is 1. The van der Waals surface area contributed by atoms with E-state index in [1.54, 1.807) is 6.08 Å². The molecule has 0 aromatic rings. The van der Waals surface area contributed by atoms with Gasteiger partial charge in [0.05, 0.1) is 25.4 Å². The number of aliphatic hydroxyl groups is 2. The van der Waals surface area contributed by atoms with Gasteiger partial charge in [0.2, 0.25) is 5.91 Å². The molecule has 9 nitrogen and oxygen atoms in total. The van der Waals surface area contributed by atoms with Gasteiger partial charge in [0, 0.05) is 6.54 Å². The van der Waals surface area contributed by atoms with E-state index < -0.39 is 38.6 Å². The smallest absolute Gasteiger partial charge is 0.387 e. The van der Waals surface area contributed by atoms with Crippen molar-refractivity contribution in [2.75, 3.05) is 19.8 Å². The number of phosphoric acid groups is 1. The van der Waals surface area contributed by atoms with E-state index >= 15 is 0 Å². The zero-order valence-electron chi connectivity index (χ0n) is 31.1. The lowest BCUT2D eigenvalue weighted by atomic mass is 10.0. The number of carbonyl (C=O) groups excluding carboxylic acids is 1. The summed E-state index contributed by atoms with van der Waals surface area (Å²) in [6.45, 7) is 3.91. The van der Waals surface area contributed by atoms with Crippen LogP contribution in [0, 0.1) is 0 Å². The largest absolute Gasteiger partial charge is 0.472 e. The molecule has 286 valence electrons. The maximum atomic E-state index is 12.8. The van der Waals surface area contributed by atoms with E-state index in [4.69, 9.17) is 14.8 Å². The van der Waals surface area contributed by atoms with Crippen molar-refractivity contribution in [3.8, 4) is 0 Å². The maximum Gasteiger partial charge on any atom is 0.472 e. The Kier molecular flexibility index (Phi) is 34.1. The molecular weight excluding hydrogens is 627 g/mol. The Labute approximate surface area is 295 Å². The zero-order chi connectivity index (χ0) is 35.6. The van der Waals surface area contributed by atoms with Crippen molar-refractivity contribution in [2.24, 2.45) is 5.73 Å². The number of aliphatic hydroxyl groups excluding tert-OH is 2. The summed E-state index contributed by atoms with van der Waals surface area (Å²) in [6.07, 6.45) is 33.3. The molecule has 48 heavy (non-hydrogen) atoms. The highest BCUT2D eigenvalue weighted by atomic mass is 31.2. The Morgan fingerprint density at radius 1 is 0.688 bits per heavy atom. The quantitative estimate of drug-likeness (QED) is 0.0244. The van der Waals surface area contributed by atoms with Gasteiger partial charge in [-0.2, -0.15) is 0 Å². The van der Waals surface area contributed by atoms with Crippen molar-refractivity contribution >= 4 is 13.7 Å². The molecule has 0 radical (unpaired) electrons. The number of hydrogen-bond acceptors (Lipinski definition) is 7. The average molecular weight is 705 g/mol. The first-order chi connectivity index (χ1) is 23.3. The molecule has 0 bridgehead atoms. The molecule has 4 atom stereocenters. The van der Waals surface area contributed by atoms with E-state index in [9.17, 15) is 24.5 Å². The molecule has 0 heterocycles. The van der Waals surface area contributed by atoms with E-state index in [0.717, 1.165) is 38.5 Å². The van der Waals surface area contributed by atoms with Crippen LogP contribution in [0.3, 0.4) is 0 Å². The molecule has 0 aromatic heterocycles. The predicted molar refractivity (Wildman–Crippen MR) is 200 cm³/mol. The average Bonchev–Trinajstić information content (AvgIpc) is 3.07. The second kappa shape index (κ2) is 34.6. The lowest BCUT2D eigenvalue weighted by molar-refractivity contribution is -0.131. The van der Waals surface area contributed by atoms with Crippen molar-refractivity contribution in [3.63, 3.8) is 0 Å². The second-order valence-corrected chi connectivity index (χ2v) is 15.1. The van der Waals surface area contributed by atoms with Crippen LogP contribution in [-0.4, -0.2) is 59.0 Å². The Hall–Kier alpha value is -0.800. The normalized spacial score (nSPS) is 15.0. The molecule has 0 aliphatic heterocycles. The molecule has 0 aromatic carbocycles. The number of unbranched alkanes of at least 4 members (excludes halogenated alkanes) is 24. The molecule has 10 heteroatoms. The molecule has 0 aliphatic carbocycles. The fourth-order valence-electron chi connectivity index (χ4n) is 5.84. The van der Waals surface area contributed by atoms with E-state index in [-0.39, 0.29) is 13.2 Å². The van der Waals surface area contributed by atoms with Crippen LogP contribution in [-0.2, 0) is 18.4 Å². The van der Waals surface area contributed by atoms with Crippen LogP contribution < -0.4 is 11.1 Å². The molecule has 0 aliphatic rings. The number of carbonyl (C=O) groups is 1. The van der Waals surface area contributed by atoms with Gasteiger partial charge in [-0.05, 0) is 19.3 Å². The summed E-state index contributed by atoms with van der Waals surface area (Å²) < 4.78 is 22.0. The van der Waals surface area contributed by atoms with Crippen molar-refractivity contribution < 1.29 is 33.5 Å². The summed E-state index contributed by atoms with van der Waals surface area (Å²) in [6, 6.07) is -1.03. The molecule has 0 fully saturated rings. The van der Waals surface area contributed by atoms with Gasteiger partial charge in [0.15, 0.2) is 0 Å². The molecule has 0 saturated heterocycles. The highest BCUT2D eigenvalue weighted by molar-refractivity contribution is 7.47. The molecular formula is C38H77N2O7P. The minimum atomic E-state index is -4.40. The third-order valence-electron chi connectivity index (χ3n) is 8.97. The van der Waals surface area contributed by atoms with Crippen LogP contribution in [0.1, 0.15) is 187 Å². The summed E-state index contributed by atoms with van der Waals surface area (Å²) in [5.74, 6) is -0.633. The third-order valence-corrected chi connectivity index (χ3v) is 9.96. The minimum absolute atomic E-state index is 0.0455. The van der Waals surface area contributed by atoms with Crippen LogP contribution in [0.25, 0.3) is 0 Å². The van der Waals surface area contributed by atoms with Crippen LogP contribution in [0.4, 0.5) is 0 Å². The van der Waals surface area contributed by atoms with Gasteiger partial charge in [0.1, 0.15) is 6.10 Å². The first-order valence-electron chi connectivity index (χ1n) is 19.9. The Balaban J connectivity index is 4.35. The van der Waals surface area contributed by atoms with Gasteiger partial charge in [-0.1, -0.05) is 180 Å². The molecule has 6 N–H and O–H groups in total. The fourth-order valence-corrected chi connectivity index (χ4v) is 6.60. The molecule has 0 spiro atoms. The minimum Gasteiger partial charge on any atom is -0.387 e. The predicted octanol–water partition coefficient (Wildman–Crippen LogP) is 9.41. The van der Waals surface area contributed by atoms with Gasteiger partial charge < -0.3 is 26.2 Å². The molecule has 2 unspecified atom stereocenters. The molecule has 0 saturated carbocycles. The summed E-state index contributed by atoms with van der Waals surface area (Å²) in [7, 11) is -4.40. The molecule has 0 rings (SSSR count). The lowest BCUT2D eigenvalue weighted by Gasteiger charge is -2.24. The van der Waals surface area contributed by atoms with E-state index in [0.29, 0.717) is 6.42 Å². The monoisotopic (exact) mass is 705 g/mol. The fraction of sp³-hybridized carbons (Fsp3) is 0.921. The first-order valence-corrected chi connectivity index (χ1v) is 21.4. The molecule has 1 amide bonds. The zero-order valence-corrected chi connectivity index (χ0v) is 32.0. The van der Waals surface area contributed by atoms with Gasteiger partial charge >= 0.3 is 7.82 Å². The maximum absolute atomic E-state index is 12.8.